The Morgan fingerprint density at radius 3 is 2.42 bits per heavy atom. The van der Waals surface area contributed by atoms with E-state index in [1.807, 2.05) is 24.3 Å². The first-order chi connectivity index (χ1) is 11.6. The lowest BCUT2D eigenvalue weighted by atomic mass is 10.1. The normalized spacial score (nSPS) is 10.1. The Morgan fingerprint density at radius 2 is 1.75 bits per heavy atom. The first kappa shape index (κ1) is 17.5. The van der Waals surface area contributed by atoms with Crippen molar-refractivity contribution in [1.82, 2.24) is 5.32 Å². The highest BCUT2D eigenvalue weighted by molar-refractivity contribution is 6.03. The molecule has 0 bridgehead atoms. The van der Waals surface area contributed by atoms with E-state index in [0.717, 1.165) is 11.3 Å². The Hall–Kier alpha value is -2.89. The Bertz CT molecular complexity index is 702. The summed E-state index contributed by atoms with van der Waals surface area (Å²) in [4.78, 5) is 23.5. The average molecular weight is 330 g/mol. The molecule has 0 aliphatic heterocycles. The first-order valence-electron chi connectivity index (χ1n) is 7.52. The van der Waals surface area contributed by atoms with Crippen LogP contribution in [0.1, 0.15) is 12.0 Å². The molecule has 6 heteroatoms. The van der Waals surface area contributed by atoms with Crippen LogP contribution in [0.4, 0.5) is 10.1 Å². The number of carbonyl (C=O) groups excluding carboxylic acids is 2. The molecule has 2 N–H and O–H groups in total. The van der Waals surface area contributed by atoms with Gasteiger partial charge in [0.2, 0.25) is 11.8 Å². The maximum atomic E-state index is 13.4. The van der Waals surface area contributed by atoms with Crippen LogP contribution in [-0.4, -0.2) is 25.5 Å². The Labute approximate surface area is 139 Å². The summed E-state index contributed by atoms with van der Waals surface area (Å²) in [7, 11) is 1.60. The van der Waals surface area contributed by atoms with E-state index in [0.29, 0.717) is 13.0 Å². The lowest BCUT2D eigenvalue weighted by Gasteiger charge is -2.08. The van der Waals surface area contributed by atoms with Crippen LogP contribution in [0.25, 0.3) is 0 Å². The zero-order valence-corrected chi connectivity index (χ0v) is 13.3. The van der Waals surface area contributed by atoms with Gasteiger partial charge in [0.1, 0.15) is 18.0 Å². The van der Waals surface area contributed by atoms with Crippen LogP contribution in [0.5, 0.6) is 5.75 Å². The van der Waals surface area contributed by atoms with E-state index in [4.69, 9.17) is 4.74 Å². The van der Waals surface area contributed by atoms with Crippen molar-refractivity contribution in [2.24, 2.45) is 0 Å². The fourth-order valence-electron chi connectivity index (χ4n) is 2.10. The summed E-state index contributed by atoms with van der Waals surface area (Å²) in [6, 6.07) is 13.3. The molecule has 0 radical (unpaired) electrons. The number of ether oxygens (including phenoxy) is 1. The predicted octanol–water partition coefficient (Wildman–Crippen LogP) is 2.52. The molecule has 0 fully saturated rings. The second-order valence-corrected chi connectivity index (χ2v) is 5.15. The van der Waals surface area contributed by atoms with Crippen molar-refractivity contribution in [1.29, 1.82) is 0 Å². The lowest BCUT2D eigenvalue weighted by molar-refractivity contribution is -0.126. The number of methoxy groups -OCH3 is 1. The van der Waals surface area contributed by atoms with Crippen molar-refractivity contribution in [2.45, 2.75) is 12.8 Å². The smallest absolute Gasteiger partial charge is 0.233 e. The number of rotatable bonds is 7. The third-order valence-electron chi connectivity index (χ3n) is 3.36. The fraction of sp³-hybridized carbons (Fsp3) is 0.222. The van der Waals surface area contributed by atoms with Crippen molar-refractivity contribution in [3.63, 3.8) is 0 Å². The van der Waals surface area contributed by atoms with Gasteiger partial charge in [-0.1, -0.05) is 24.3 Å². The number of hydrogen-bond acceptors (Lipinski definition) is 3. The molecule has 0 saturated heterocycles. The van der Waals surface area contributed by atoms with E-state index in [9.17, 15) is 14.0 Å². The number of hydrogen-bond donors (Lipinski definition) is 2. The van der Waals surface area contributed by atoms with E-state index in [1.54, 1.807) is 13.2 Å². The molecule has 0 aromatic heterocycles. The van der Waals surface area contributed by atoms with Gasteiger partial charge in [-0.05, 0) is 36.2 Å². The second-order valence-electron chi connectivity index (χ2n) is 5.15. The van der Waals surface area contributed by atoms with Crippen molar-refractivity contribution >= 4 is 17.5 Å². The van der Waals surface area contributed by atoms with Gasteiger partial charge in [0.25, 0.3) is 0 Å². The molecule has 0 spiro atoms. The number of benzene rings is 2. The highest BCUT2D eigenvalue weighted by atomic mass is 19.1. The van der Waals surface area contributed by atoms with E-state index in [1.165, 1.54) is 18.2 Å². The molecule has 126 valence electrons. The zero-order chi connectivity index (χ0) is 17.4. The topological polar surface area (TPSA) is 67.4 Å². The van der Waals surface area contributed by atoms with Crippen LogP contribution >= 0.6 is 0 Å². The molecule has 0 atom stereocenters. The lowest BCUT2D eigenvalue weighted by Crippen LogP contribution is -2.29. The first-order valence-corrected chi connectivity index (χ1v) is 7.52. The summed E-state index contributed by atoms with van der Waals surface area (Å²) in [5.41, 5.74) is 1.11. The summed E-state index contributed by atoms with van der Waals surface area (Å²) < 4.78 is 18.5. The van der Waals surface area contributed by atoms with Crippen molar-refractivity contribution < 1.29 is 18.7 Å². The number of para-hydroxylation sites is 1. The molecule has 0 heterocycles. The summed E-state index contributed by atoms with van der Waals surface area (Å²) >= 11 is 0. The van der Waals surface area contributed by atoms with Crippen LogP contribution in [-0.2, 0) is 16.0 Å². The third kappa shape index (κ3) is 5.39. The zero-order valence-electron chi connectivity index (χ0n) is 13.3. The molecule has 2 aromatic carbocycles. The van der Waals surface area contributed by atoms with Gasteiger partial charge in [0.05, 0.1) is 12.8 Å². The molecule has 2 aromatic rings. The van der Waals surface area contributed by atoms with Crippen LogP contribution in [0.15, 0.2) is 48.5 Å². The van der Waals surface area contributed by atoms with Gasteiger partial charge in [0.15, 0.2) is 0 Å². The number of carbonyl (C=O) groups is 2. The highest BCUT2D eigenvalue weighted by Crippen LogP contribution is 2.13. The van der Waals surface area contributed by atoms with Gasteiger partial charge < -0.3 is 15.4 Å². The van der Waals surface area contributed by atoms with Gasteiger partial charge in [0, 0.05) is 6.54 Å². The Balaban J connectivity index is 1.72. The predicted molar refractivity (Wildman–Crippen MR) is 89.4 cm³/mol. The second kappa shape index (κ2) is 8.67. The maximum Gasteiger partial charge on any atom is 0.233 e. The number of nitrogens with one attached hydrogen (secondary N) is 2. The SMILES string of the molecule is COc1ccc(CCNC(=O)CC(=O)Nc2ccccc2F)cc1. The fourth-order valence-corrected chi connectivity index (χ4v) is 2.10. The molecule has 0 aliphatic rings. The van der Waals surface area contributed by atoms with Crippen LogP contribution in [0.3, 0.4) is 0 Å². The monoisotopic (exact) mass is 330 g/mol. The van der Waals surface area contributed by atoms with Crippen LogP contribution in [0, 0.1) is 5.82 Å². The summed E-state index contributed by atoms with van der Waals surface area (Å²) in [6.45, 7) is 0.415. The molecule has 24 heavy (non-hydrogen) atoms. The summed E-state index contributed by atoms with van der Waals surface area (Å²) in [5, 5.41) is 5.04. The van der Waals surface area contributed by atoms with E-state index in [2.05, 4.69) is 10.6 Å². The molecular weight excluding hydrogens is 311 g/mol. The van der Waals surface area contributed by atoms with Gasteiger partial charge in [-0.25, -0.2) is 4.39 Å². The quantitative estimate of drug-likeness (QED) is 0.767. The van der Waals surface area contributed by atoms with Crippen LogP contribution in [0.2, 0.25) is 0 Å². The molecule has 0 saturated carbocycles. The van der Waals surface area contributed by atoms with E-state index >= 15 is 0 Å². The summed E-state index contributed by atoms with van der Waals surface area (Å²) in [6.07, 6.45) is 0.293. The molecule has 0 aliphatic carbocycles. The van der Waals surface area contributed by atoms with Crippen molar-refractivity contribution in [3.8, 4) is 5.75 Å². The molecular formula is C18H19FN2O3. The van der Waals surface area contributed by atoms with E-state index < -0.39 is 17.6 Å². The Morgan fingerprint density at radius 1 is 1.04 bits per heavy atom. The van der Waals surface area contributed by atoms with E-state index in [-0.39, 0.29) is 12.1 Å². The Kier molecular flexibility index (Phi) is 6.31. The molecule has 0 unspecified atom stereocenters. The molecule has 2 amide bonds. The number of amides is 2. The number of anilines is 1. The largest absolute Gasteiger partial charge is 0.497 e. The minimum absolute atomic E-state index is 0.0635. The van der Waals surface area contributed by atoms with Crippen molar-refractivity contribution in [3.05, 3.63) is 59.9 Å². The minimum Gasteiger partial charge on any atom is -0.497 e. The molecule has 5 nitrogen and oxygen atoms in total. The standard InChI is InChI=1S/C18H19FN2O3/c1-24-14-8-6-13(7-9-14)10-11-20-17(22)12-18(23)21-16-5-3-2-4-15(16)19/h2-9H,10-12H2,1H3,(H,20,22)(H,21,23). The van der Waals surface area contributed by atoms with Gasteiger partial charge in [-0.2, -0.15) is 0 Å². The maximum absolute atomic E-state index is 13.4. The van der Waals surface area contributed by atoms with Crippen LogP contribution < -0.4 is 15.4 Å². The van der Waals surface area contributed by atoms with Gasteiger partial charge in [-0.3, -0.25) is 9.59 Å². The van der Waals surface area contributed by atoms with Crippen molar-refractivity contribution in [2.75, 3.05) is 19.0 Å². The average Bonchev–Trinajstić information content (AvgIpc) is 2.57. The highest BCUT2D eigenvalue weighted by Gasteiger charge is 2.11. The third-order valence-corrected chi connectivity index (χ3v) is 3.36. The summed E-state index contributed by atoms with van der Waals surface area (Å²) in [5.74, 6) is -0.724. The minimum atomic E-state index is -0.554. The van der Waals surface area contributed by atoms with Gasteiger partial charge in [-0.15, -0.1) is 0 Å². The molecule has 2 rings (SSSR count). The number of halogens is 1. The van der Waals surface area contributed by atoms with Gasteiger partial charge >= 0.3 is 0 Å².